The predicted octanol–water partition coefficient (Wildman–Crippen LogP) is -0.192. The van der Waals surface area contributed by atoms with E-state index in [0.717, 1.165) is 0 Å². The molecule has 7 nitrogen and oxygen atoms in total. The smallest absolute Gasteiger partial charge is 0.258 e. The number of carbonyl (C=O) groups is 3. The van der Waals surface area contributed by atoms with Crippen molar-refractivity contribution in [3.05, 3.63) is 30.3 Å². The van der Waals surface area contributed by atoms with Gasteiger partial charge in [0.15, 0.2) is 6.61 Å². The average molecular weight is 307 g/mol. The van der Waals surface area contributed by atoms with Crippen LogP contribution in [0.4, 0.5) is 0 Å². The van der Waals surface area contributed by atoms with Crippen LogP contribution in [0.1, 0.15) is 13.8 Å². The van der Waals surface area contributed by atoms with Gasteiger partial charge in [-0.25, -0.2) is 0 Å². The Morgan fingerprint density at radius 2 is 1.82 bits per heavy atom. The predicted molar refractivity (Wildman–Crippen MR) is 80.9 cm³/mol. The van der Waals surface area contributed by atoms with Gasteiger partial charge in [0.2, 0.25) is 11.8 Å². The van der Waals surface area contributed by atoms with Crippen LogP contribution in [-0.2, 0) is 14.4 Å². The van der Waals surface area contributed by atoms with Crippen molar-refractivity contribution in [2.24, 2.45) is 11.7 Å². The molecule has 4 N–H and O–H groups in total. The summed E-state index contributed by atoms with van der Waals surface area (Å²) in [5.41, 5.74) is 4.97. The molecule has 0 fully saturated rings. The minimum atomic E-state index is -0.758. The largest absolute Gasteiger partial charge is 0.484 e. The third-order valence-electron chi connectivity index (χ3n) is 2.82. The number of ether oxygens (including phenoxy) is 1. The molecular formula is C15H21N3O4. The van der Waals surface area contributed by atoms with Crippen LogP contribution in [0, 0.1) is 5.92 Å². The van der Waals surface area contributed by atoms with E-state index in [1.807, 2.05) is 6.07 Å². The van der Waals surface area contributed by atoms with Crippen molar-refractivity contribution in [2.75, 3.05) is 13.2 Å². The van der Waals surface area contributed by atoms with Crippen molar-refractivity contribution < 1.29 is 19.1 Å². The molecule has 0 heterocycles. The molecule has 0 bridgehead atoms. The molecule has 0 aromatic heterocycles. The Bertz CT molecular complexity index is 517. The monoisotopic (exact) mass is 307 g/mol. The first-order valence-corrected chi connectivity index (χ1v) is 6.93. The molecule has 0 spiro atoms. The van der Waals surface area contributed by atoms with E-state index in [0.29, 0.717) is 5.75 Å². The first kappa shape index (κ1) is 17.5. The van der Waals surface area contributed by atoms with E-state index in [2.05, 4.69) is 10.6 Å². The molecule has 1 rings (SSSR count). The van der Waals surface area contributed by atoms with Gasteiger partial charge in [0.25, 0.3) is 5.91 Å². The van der Waals surface area contributed by atoms with E-state index in [9.17, 15) is 14.4 Å². The fourth-order valence-electron chi connectivity index (χ4n) is 1.70. The van der Waals surface area contributed by atoms with E-state index in [4.69, 9.17) is 10.5 Å². The Morgan fingerprint density at radius 1 is 1.18 bits per heavy atom. The van der Waals surface area contributed by atoms with Gasteiger partial charge in [-0.2, -0.15) is 0 Å². The van der Waals surface area contributed by atoms with Gasteiger partial charge in [0.05, 0.1) is 6.54 Å². The highest BCUT2D eigenvalue weighted by atomic mass is 16.5. The molecule has 0 aliphatic rings. The quantitative estimate of drug-likeness (QED) is 0.618. The van der Waals surface area contributed by atoms with Gasteiger partial charge in [-0.05, 0) is 18.1 Å². The number of carbonyl (C=O) groups excluding carboxylic acids is 3. The summed E-state index contributed by atoms with van der Waals surface area (Å²) in [6.07, 6.45) is 0. The van der Waals surface area contributed by atoms with Crippen molar-refractivity contribution in [1.29, 1.82) is 0 Å². The maximum absolute atomic E-state index is 11.9. The third-order valence-corrected chi connectivity index (χ3v) is 2.82. The second-order valence-electron chi connectivity index (χ2n) is 5.08. The van der Waals surface area contributed by atoms with Crippen molar-refractivity contribution in [3.8, 4) is 5.75 Å². The molecular weight excluding hydrogens is 286 g/mol. The molecule has 0 saturated carbocycles. The minimum absolute atomic E-state index is 0.145. The van der Waals surface area contributed by atoms with Crippen LogP contribution in [-0.4, -0.2) is 36.9 Å². The highest BCUT2D eigenvalue weighted by Gasteiger charge is 2.24. The zero-order valence-corrected chi connectivity index (χ0v) is 12.7. The SMILES string of the molecule is CC(C)[C@H](NC(=O)COc1ccccc1)C(=O)NCC(N)=O. The van der Waals surface area contributed by atoms with E-state index >= 15 is 0 Å². The molecule has 120 valence electrons. The fraction of sp³-hybridized carbons (Fsp3) is 0.400. The highest BCUT2D eigenvalue weighted by molar-refractivity contribution is 5.90. The van der Waals surface area contributed by atoms with E-state index in [1.165, 1.54) is 0 Å². The molecule has 3 amide bonds. The zero-order chi connectivity index (χ0) is 16.5. The molecule has 1 aromatic carbocycles. The van der Waals surface area contributed by atoms with Gasteiger partial charge in [-0.3, -0.25) is 14.4 Å². The van der Waals surface area contributed by atoms with Crippen LogP contribution in [0.15, 0.2) is 30.3 Å². The lowest BCUT2D eigenvalue weighted by Crippen LogP contribution is -2.52. The van der Waals surface area contributed by atoms with Gasteiger partial charge in [-0.15, -0.1) is 0 Å². The van der Waals surface area contributed by atoms with Crippen LogP contribution >= 0.6 is 0 Å². The highest BCUT2D eigenvalue weighted by Crippen LogP contribution is 2.08. The maximum atomic E-state index is 11.9. The molecule has 1 atom stereocenters. The summed E-state index contributed by atoms with van der Waals surface area (Å²) in [7, 11) is 0. The lowest BCUT2D eigenvalue weighted by atomic mass is 10.0. The van der Waals surface area contributed by atoms with Crippen LogP contribution in [0.5, 0.6) is 5.75 Å². The summed E-state index contributed by atoms with van der Waals surface area (Å²) in [6.45, 7) is 3.11. The van der Waals surface area contributed by atoms with E-state index < -0.39 is 23.8 Å². The van der Waals surface area contributed by atoms with Crippen LogP contribution in [0.2, 0.25) is 0 Å². The van der Waals surface area contributed by atoms with Crippen molar-refractivity contribution >= 4 is 17.7 Å². The summed E-state index contributed by atoms with van der Waals surface area (Å²) in [4.78, 5) is 34.5. The molecule has 1 aromatic rings. The average Bonchev–Trinajstić information content (AvgIpc) is 2.49. The number of nitrogens with one attached hydrogen (secondary N) is 2. The number of para-hydroxylation sites is 1. The molecule has 0 saturated heterocycles. The number of nitrogens with two attached hydrogens (primary N) is 1. The molecule has 0 unspecified atom stereocenters. The minimum Gasteiger partial charge on any atom is -0.484 e. The summed E-state index contributed by atoms with van der Waals surface area (Å²) in [6, 6.07) is 8.12. The number of amides is 3. The summed E-state index contributed by atoms with van der Waals surface area (Å²) in [5, 5.41) is 4.96. The Morgan fingerprint density at radius 3 is 2.36 bits per heavy atom. The number of rotatable bonds is 8. The van der Waals surface area contributed by atoms with Gasteiger partial charge in [0, 0.05) is 0 Å². The summed E-state index contributed by atoms with van der Waals surface area (Å²) in [5.74, 6) is -1.10. The van der Waals surface area contributed by atoms with E-state index in [1.54, 1.807) is 38.1 Å². The lowest BCUT2D eigenvalue weighted by Gasteiger charge is -2.21. The van der Waals surface area contributed by atoms with Crippen LogP contribution < -0.4 is 21.1 Å². The second-order valence-corrected chi connectivity index (χ2v) is 5.08. The maximum Gasteiger partial charge on any atom is 0.258 e. The number of hydrogen-bond acceptors (Lipinski definition) is 4. The molecule has 22 heavy (non-hydrogen) atoms. The molecule has 0 aliphatic carbocycles. The van der Waals surface area contributed by atoms with Crippen LogP contribution in [0.3, 0.4) is 0 Å². The standard InChI is InChI=1S/C15H21N3O4/c1-10(2)14(15(21)17-8-12(16)19)18-13(20)9-22-11-6-4-3-5-7-11/h3-7,10,14H,8-9H2,1-2H3,(H2,16,19)(H,17,21)(H,18,20)/t14-/m0/s1. The topological polar surface area (TPSA) is 111 Å². The Hall–Kier alpha value is -2.57. The lowest BCUT2D eigenvalue weighted by molar-refractivity contribution is -0.131. The summed E-state index contributed by atoms with van der Waals surface area (Å²) >= 11 is 0. The van der Waals surface area contributed by atoms with E-state index in [-0.39, 0.29) is 19.1 Å². The summed E-state index contributed by atoms with van der Waals surface area (Å²) < 4.78 is 5.31. The van der Waals surface area contributed by atoms with Crippen molar-refractivity contribution in [2.45, 2.75) is 19.9 Å². The number of primary amides is 1. The Labute approximate surface area is 129 Å². The Balaban J connectivity index is 2.50. The molecule has 0 radical (unpaired) electrons. The molecule has 0 aliphatic heterocycles. The van der Waals surface area contributed by atoms with Crippen molar-refractivity contribution in [3.63, 3.8) is 0 Å². The number of hydrogen-bond donors (Lipinski definition) is 3. The second kappa shape index (κ2) is 8.66. The normalized spacial score (nSPS) is 11.6. The first-order valence-electron chi connectivity index (χ1n) is 6.93. The third kappa shape index (κ3) is 6.25. The van der Waals surface area contributed by atoms with Gasteiger partial charge in [-0.1, -0.05) is 32.0 Å². The fourth-order valence-corrected chi connectivity index (χ4v) is 1.70. The van der Waals surface area contributed by atoms with Gasteiger partial charge in [0.1, 0.15) is 11.8 Å². The van der Waals surface area contributed by atoms with Crippen molar-refractivity contribution in [1.82, 2.24) is 10.6 Å². The van der Waals surface area contributed by atoms with Gasteiger partial charge >= 0.3 is 0 Å². The molecule has 7 heteroatoms. The zero-order valence-electron chi connectivity index (χ0n) is 12.7. The first-order chi connectivity index (χ1) is 10.4. The Kier molecular flexibility index (Phi) is 6.88. The number of benzene rings is 1. The van der Waals surface area contributed by atoms with Gasteiger partial charge < -0.3 is 21.1 Å². The van der Waals surface area contributed by atoms with Crippen LogP contribution in [0.25, 0.3) is 0 Å².